The first-order chi connectivity index (χ1) is 11.0. The molecule has 7 heteroatoms. The summed E-state index contributed by atoms with van der Waals surface area (Å²) in [5.74, 6) is -1.62. The largest absolute Gasteiger partial charge is 0.465 e. The van der Waals surface area contributed by atoms with Crippen molar-refractivity contribution in [2.24, 2.45) is 0 Å². The van der Waals surface area contributed by atoms with Gasteiger partial charge < -0.3 is 4.74 Å². The van der Waals surface area contributed by atoms with Crippen molar-refractivity contribution >= 4 is 57.7 Å². The third-order valence-electron chi connectivity index (χ3n) is 3.45. The summed E-state index contributed by atoms with van der Waals surface area (Å²) in [5, 5.41) is 0.315. The molecule has 0 saturated heterocycles. The fraction of sp³-hybridized carbons (Fsp3) is 0.0625. The van der Waals surface area contributed by atoms with Crippen LogP contribution in [0.3, 0.4) is 0 Å². The molecule has 0 atom stereocenters. The minimum Gasteiger partial charge on any atom is -0.465 e. The highest BCUT2D eigenvalue weighted by Crippen LogP contribution is 2.36. The van der Waals surface area contributed by atoms with E-state index in [1.807, 2.05) is 22.6 Å². The second kappa shape index (κ2) is 5.93. The van der Waals surface area contributed by atoms with E-state index in [9.17, 15) is 14.4 Å². The van der Waals surface area contributed by atoms with Crippen molar-refractivity contribution in [1.82, 2.24) is 0 Å². The lowest BCUT2D eigenvalue weighted by molar-refractivity contribution is 0.0601. The zero-order valence-electron chi connectivity index (χ0n) is 11.8. The molecule has 2 aromatic rings. The molecule has 0 radical (unpaired) electrons. The first kappa shape index (κ1) is 15.9. The van der Waals surface area contributed by atoms with Crippen LogP contribution in [0.15, 0.2) is 36.4 Å². The Hall–Kier alpha value is -1.93. The van der Waals surface area contributed by atoms with E-state index in [1.165, 1.54) is 13.2 Å². The van der Waals surface area contributed by atoms with Gasteiger partial charge in [0.05, 0.1) is 29.5 Å². The van der Waals surface area contributed by atoms with Gasteiger partial charge in [-0.05, 0) is 46.9 Å². The standard InChI is InChI=1S/C16H9ClINO4/c1-23-16(22)11-6-8(17)7-12(18)13(11)19-14(20)9-4-2-3-5-10(9)15(19)21/h2-7H,1H3. The molecular formula is C16H9ClINO4. The first-order valence-corrected chi connectivity index (χ1v) is 7.96. The van der Waals surface area contributed by atoms with Gasteiger partial charge in [0.15, 0.2) is 0 Å². The van der Waals surface area contributed by atoms with Crippen LogP contribution < -0.4 is 4.90 Å². The second-order valence-corrected chi connectivity index (χ2v) is 6.37. The zero-order chi connectivity index (χ0) is 16.7. The number of amides is 2. The summed E-state index contributed by atoms with van der Waals surface area (Å²) < 4.78 is 5.25. The number of rotatable bonds is 2. The Morgan fingerprint density at radius 1 is 1.13 bits per heavy atom. The smallest absolute Gasteiger partial charge is 0.340 e. The van der Waals surface area contributed by atoms with Gasteiger partial charge in [0.2, 0.25) is 0 Å². The highest BCUT2D eigenvalue weighted by Gasteiger charge is 2.39. The number of methoxy groups -OCH3 is 1. The van der Waals surface area contributed by atoms with E-state index in [4.69, 9.17) is 16.3 Å². The van der Waals surface area contributed by atoms with Crippen LogP contribution in [0.4, 0.5) is 5.69 Å². The number of nitrogens with zero attached hydrogens (tertiary/aromatic N) is 1. The van der Waals surface area contributed by atoms with Gasteiger partial charge in [0.25, 0.3) is 11.8 Å². The zero-order valence-corrected chi connectivity index (χ0v) is 14.7. The van der Waals surface area contributed by atoms with Crippen molar-refractivity contribution in [3.63, 3.8) is 0 Å². The number of carbonyl (C=O) groups is 3. The molecule has 5 nitrogen and oxygen atoms in total. The SMILES string of the molecule is COC(=O)c1cc(Cl)cc(I)c1N1C(=O)c2ccccc2C1=O. The summed E-state index contributed by atoms with van der Waals surface area (Å²) in [6, 6.07) is 9.48. The number of carbonyl (C=O) groups excluding carboxylic acids is 3. The molecule has 0 spiro atoms. The van der Waals surface area contributed by atoms with Crippen LogP contribution in [0.1, 0.15) is 31.1 Å². The Morgan fingerprint density at radius 3 is 2.22 bits per heavy atom. The van der Waals surface area contributed by atoms with E-state index in [0.29, 0.717) is 19.7 Å². The molecule has 1 aliphatic heterocycles. The second-order valence-electron chi connectivity index (χ2n) is 4.77. The summed E-state index contributed by atoms with van der Waals surface area (Å²) >= 11 is 7.92. The van der Waals surface area contributed by atoms with E-state index in [0.717, 1.165) is 4.90 Å². The highest BCUT2D eigenvalue weighted by molar-refractivity contribution is 14.1. The minimum atomic E-state index is -0.669. The molecule has 116 valence electrons. The summed E-state index contributed by atoms with van der Waals surface area (Å²) in [4.78, 5) is 38.3. The van der Waals surface area contributed by atoms with Gasteiger partial charge in [0.1, 0.15) is 0 Å². The molecule has 0 unspecified atom stereocenters. The molecule has 0 fully saturated rings. The van der Waals surface area contributed by atoms with Gasteiger partial charge in [-0.15, -0.1) is 0 Å². The molecule has 0 aromatic heterocycles. The normalized spacial score (nSPS) is 13.3. The lowest BCUT2D eigenvalue weighted by atomic mass is 10.1. The molecule has 2 amide bonds. The minimum absolute atomic E-state index is 0.0684. The average molecular weight is 442 g/mol. The fourth-order valence-corrected chi connectivity index (χ4v) is 3.72. The fourth-order valence-electron chi connectivity index (χ4n) is 2.45. The molecule has 0 N–H and O–H groups in total. The monoisotopic (exact) mass is 441 g/mol. The van der Waals surface area contributed by atoms with Crippen molar-refractivity contribution in [2.75, 3.05) is 12.0 Å². The number of benzene rings is 2. The number of anilines is 1. The predicted octanol–water partition coefficient (Wildman–Crippen LogP) is 3.53. The Balaban J connectivity index is 2.23. The molecule has 0 saturated carbocycles. The third-order valence-corrected chi connectivity index (χ3v) is 4.49. The van der Waals surface area contributed by atoms with Crippen LogP contribution in [-0.4, -0.2) is 24.9 Å². The lowest BCUT2D eigenvalue weighted by Gasteiger charge is -2.19. The molecule has 3 rings (SSSR count). The van der Waals surface area contributed by atoms with E-state index in [2.05, 4.69) is 0 Å². The van der Waals surface area contributed by atoms with E-state index < -0.39 is 17.8 Å². The number of hydrogen-bond donors (Lipinski definition) is 0. The topological polar surface area (TPSA) is 63.7 Å². The van der Waals surface area contributed by atoms with Gasteiger partial charge in [-0.1, -0.05) is 23.7 Å². The lowest BCUT2D eigenvalue weighted by Crippen LogP contribution is -2.32. The Bertz CT molecular complexity index is 830. The molecule has 2 aromatic carbocycles. The van der Waals surface area contributed by atoms with Gasteiger partial charge >= 0.3 is 5.97 Å². The summed E-state index contributed by atoms with van der Waals surface area (Å²) in [7, 11) is 1.22. The molecular weight excluding hydrogens is 433 g/mol. The predicted molar refractivity (Wildman–Crippen MR) is 93.1 cm³/mol. The van der Waals surface area contributed by atoms with Gasteiger partial charge in [0, 0.05) is 8.59 Å². The van der Waals surface area contributed by atoms with Crippen molar-refractivity contribution in [1.29, 1.82) is 0 Å². The number of hydrogen-bond acceptors (Lipinski definition) is 4. The number of halogens is 2. The molecule has 1 aliphatic rings. The van der Waals surface area contributed by atoms with Crippen LogP contribution >= 0.6 is 34.2 Å². The maximum atomic E-state index is 12.6. The van der Waals surface area contributed by atoms with Crippen LogP contribution in [0, 0.1) is 3.57 Å². The summed E-state index contributed by atoms with van der Waals surface area (Å²) in [5.41, 5.74) is 0.866. The van der Waals surface area contributed by atoms with E-state index >= 15 is 0 Å². The maximum Gasteiger partial charge on any atom is 0.340 e. The maximum absolute atomic E-state index is 12.6. The molecule has 1 heterocycles. The molecule has 0 bridgehead atoms. The Labute approximate surface area is 150 Å². The van der Waals surface area contributed by atoms with Crippen LogP contribution in [0.5, 0.6) is 0 Å². The van der Waals surface area contributed by atoms with E-state index in [-0.39, 0.29) is 11.3 Å². The quantitative estimate of drug-likeness (QED) is 0.406. The Morgan fingerprint density at radius 2 is 1.70 bits per heavy atom. The molecule has 23 heavy (non-hydrogen) atoms. The van der Waals surface area contributed by atoms with Crippen molar-refractivity contribution in [2.45, 2.75) is 0 Å². The summed E-state index contributed by atoms with van der Waals surface area (Å²) in [6.45, 7) is 0. The molecule has 0 aliphatic carbocycles. The van der Waals surface area contributed by atoms with E-state index in [1.54, 1.807) is 30.3 Å². The number of ether oxygens (including phenoxy) is 1. The highest BCUT2D eigenvalue weighted by atomic mass is 127. The Kier molecular flexibility index (Phi) is 4.11. The van der Waals surface area contributed by atoms with Crippen molar-refractivity contribution in [3.8, 4) is 0 Å². The van der Waals surface area contributed by atoms with Crippen LogP contribution in [0.2, 0.25) is 5.02 Å². The number of esters is 1. The number of imide groups is 1. The first-order valence-electron chi connectivity index (χ1n) is 6.51. The van der Waals surface area contributed by atoms with Gasteiger partial charge in [-0.2, -0.15) is 0 Å². The number of fused-ring (bicyclic) bond motifs is 1. The van der Waals surface area contributed by atoms with Gasteiger partial charge in [-0.25, -0.2) is 9.69 Å². The van der Waals surface area contributed by atoms with Crippen LogP contribution in [-0.2, 0) is 4.74 Å². The average Bonchev–Trinajstić information content (AvgIpc) is 2.78. The summed E-state index contributed by atoms with van der Waals surface area (Å²) in [6.07, 6.45) is 0. The van der Waals surface area contributed by atoms with Crippen LogP contribution in [0.25, 0.3) is 0 Å². The van der Waals surface area contributed by atoms with Crippen molar-refractivity contribution < 1.29 is 19.1 Å². The van der Waals surface area contributed by atoms with Gasteiger partial charge in [-0.3, -0.25) is 9.59 Å². The van der Waals surface area contributed by atoms with Crippen molar-refractivity contribution in [3.05, 3.63) is 61.7 Å². The third kappa shape index (κ3) is 2.51.